The number of hydrogen-bond donors (Lipinski definition) is 0. The van der Waals surface area contributed by atoms with Gasteiger partial charge in [0.15, 0.2) is 0 Å². The minimum atomic E-state index is -0.241. The molecule has 1 aromatic carbocycles. The van der Waals surface area contributed by atoms with Crippen molar-refractivity contribution < 1.29 is 14.3 Å². The smallest absolute Gasteiger partial charge is 0.319 e. The molecule has 17 heavy (non-hydrogen) atoms. The molecule has 0 radical (unpaired) electrons. The summed E-state index contributed by atoms with van der Waals surface area (Å²) in [5.74, 6) is 0.589. The van der Waals surface area contributed by atoms with Crippen LogP contribution in [-0.4, -0.2) is 38.7 Å². The van der Waals surface area contributed by atoms with Crippen molar-refractivity contribution in [3.05, 3.63) is 29.8 Å². The van der Waals surface area contributed by atoms with E-state index in [1.807, 2.05) is 43.1 Å². The van der Waals surface area contributed by atoms with Gasteiger partial charge in [-0.1, -0.05) is 18.2 Å². The third-order valence-corrected chi connectivity index (χ3v) is 2.86. The predicted molar refractivity (Wildman–Crippen MR) is 66.1 cm³/mol. The number of para-hydroxylation sites is 1. The number of ether oxygens (including phenoxy) is 2. The zero-order chi connectivity index (χ0) is 12.8. The maximum absolute atomic E-state index is 11.2. The highest BCUT2D eigenvalue weighted by Crippen LogP contribution is 2.27. The number of rotatable bonds is 5. The number of carbonyl (C=O) groups is 1. The monoisotopic (exact) mass is 237 g/mol. The first-order valence-corrected chi connectivity index (χ1v) is 5.50. The average molecular weight is 237 g/mol. The van der Waals surface area contributed by atoms with Crippen molar-refractivity contribution in [2.24, 2.45) is 0 Å². The fourth-order valence-electron chi connectivity index (χ4n) is 1.65. The fraction of sp³-hybridized carbons (Fsp3) is 0.462. The van der Waals surface area contributed by atoms with E-state index in [0.29, 0.717) is 0 Å². The minimum Gasteiger partial charge on any atom is -0.496 e. The first-order chi connectivity index (χ1) is 8.10. The van der Waals surface area contributed by atoms with E-state index in [1.165, 1.54) is 7.11 Å². The van der Waals surface area contributed by atoms with Gasteiger partial charge in [0.05, 0.1) is 20.8 Å². The van der Waals surface area contributed by atoms with E-state index in [4.69, 9.17) is 4.74 Å². The molecule has 4 heteroatoms. The molecule has 0 saturated heterocycles. The number of carbonyl (C=O) groups excluding carboxylic acids is 1. The Balaban J connectivity index is 2.80. The normalized spacial score (nSPS) is 12.3. The summed E-state index contributed by atoms with van der Waals surface area (Å²) >= 11 is 0. The van der Waals surface area contributed by atoms with Gasteiger partial charge in [-0.2, -0.15) is 0 Å². The Hall–Kier alpha value is -1.55. The highest BCUT2D eigenvalue weighted by molar-refractivity contribution is 5.71. The van der Waals surface area contributed by atoms with Gasteiger partial charge in [0.2, 0.25) is 0 Å². The van der Waals surface area contributed by atoms with E-state index < -0.39 is 0 Å². The molecular weight excluding hydrogens is 218 g/mol. The number of esters is 1. The molecule has 0 N–H and O–H groups in total. The van der Waals surface area contributed by atoms with Crippen LogP contribution in [0.4, 0.5) is 0 Å². The first-order valence-electron chi connectivity index (χ1n) is 5.50. The average Bonchev–Trinajstić information content (AvgIpc) is 2.37. The molecule has 0 aliphatic carbocycles. The van der Waals surface area contributed by atoms with Gasteiger partial charge in [-0.25, -0.2) is 0 Å². The molecule has 0 aliphatic heterocycles. The summed E-state index contributed by atoms with van der Waals surface area (Å²) in [6.45, 7) is 2.29. The summed E-state index contributed by atoms with van der Waals surface area (Å²) in [6, 6.07) is 7.88. The van der Waals surface area contributed by atoms with Crippen molar-refractivity contribution in [1.29, 1.82) is 0 Å². The molecule has 0 amide bonds. The van der Waals surface area contributed by atoms with Gasteiger partial charge in [0.25, 0.3) is 0 Å². The fourth-order valence-corrected chi connectivity index (χ4v) is 1.65. The van der Waals surface area contributed by atoms with E-state index in [9.17, 15) is 4.79 Å². The molecule has 94 valence electrons. The molecular formula is C13H19NO3. The Labute approximate surface area is 102 Å². The van der Waals surface area contributed by atoms with Crippen molar-refractivity contribution in [2.75, 3.05) is 27.8 Å². The van der Waals surface area contributed by atoms with E-state index in [0.717, 1.165) is 11.3 Å². The lowest BCUT2D eigenvalue weighted by atomic mass is 10.1. The molecule has 0 fully saturated rings. The van der Waals surface area contributed by atoms with Gasteiger partial charge in [0, 0.05) is 11.6 Å². The van der Waals surface area contributed by atoms with Gasteiger partial charge in [-0.05, 0) is 20.0 Å². The molecule has 0 aromatic heterocycles. The highest BCUT2D eigenvalue weighted by atomic mass is 16.5. The maximum atomic E-state index is 11.2. The van der Waals surface area contributed by atoms with Gasteiger partial charge in [-0.3, -0.25) is 9.69 Å². The van der Waals surface area contributed by atoms with E-state index >= 15 is 0 Å². The van der Waals surface area contributed by atoms with Crippen LogP contribution in [0.1, 0.15) is 18.5 Å². The van der Waals surface area contributed by atoms with Crippen LogP contribution in [0.5, 0.6) is 5.75 Å². The summed E-state index contributed by atoms with van der Waals surface area (Å²) in [5, 5.41) is 0. The number of benzene rings is 1. The van der Waals surface area contributed by atoms with Gasteiger partial charge >= 0.3 is 5.97 Å². The third-order valence-electron chi connectivity index (χ3n) is 2.86. The van der Waals surface area contributed by atoms with Crippen molar-refractivity contribution >= 4 is 5.97 Å². The van der Waals surface area contributed by atoms with Crippen LogP contribution in [0.25, 0.3) is 0 Å². The van der Waals surface area contributed by atoms with Crippen LogP contribution in [0.3, 0.4) is 0 Å². The first kappa shape index (κ1) is 13.5. The Kier molecular flexibility index (Phi) is 4.97. The standard InChI is InChI=1S/C13H19NO3/c1-10(14(2)9-13(15)17-4)11-7-5-6-8-12(11)16-3/h5-8,10H,9H2,1-4H3. The van der Waals surface area contributed by atoms with Crippen molar-refractivity contribution in [1.82, 2.24) is 4.90 Å². The predicted octanol–water partition coefficient (Wildman–Crippen LogP) is 1.86. The van der Waals surface area contributed by atoms with E-state index in [1.54, 1.807) is 7.11 Å². The second-order valence-electron chi connectivity index (χ2n) is 3.91. The Morgan fingerprint density at radius 1 is 1.35 bits per heavy atom. The molecule has 0 saturated carbocycles. The molecule has 0 heterocycles. The highest BCUT2D eigenvalue weighted by Gasteiger charge is 2.17. The molecule has 0 aliphatic rings. The van der Waals surface area contributed by atoms with Crippen molar-refractivity contribution in [3.8, 4) is 5.75 Å². The summed E-state index contributed by atoms with van der Waals surface area (Å²) in [4.78, 5) is 13.1. The molecule has 1 rings (SSSR count). The third kappa shape index (κ3) is 3.46. The summed E-state index contributed by atoms with van der Waals surface area (Å²) < 4.78 is 9.96. The Morgan fingerprint density at radius 2 is 2.00 bits per heavy atom. The number of hydrogen-bond acceptors (Lipinski definition) is 4. The summed E-state index contributed by atoms with van der Waals surface area (Å²) in [5.41, 5.74) is 1.06. The van der Waals surface area contributed by atoms with Gasteiger partial charge < -0.3 is 9.47 Å². The van der Waals surface area contributed by atoms with Crippen LogP contribution in [0, 0.1) is 0 Å². The Bertz CT molecular complexity index is 379. The number of nitrogens with zero attached hydrogens (tertiary/aromatic N) is 1. The molecule has 0 spiro atoms. The molecule has 1 aromatic rings. The molecule has 1 unspecified atom stereocenters. The SMILES string of the molecule is COC(=O)CN(C)C(C)c1ccccc1OC. The van der Waals surface area contributed by atoms with Crippen LogP contribution >= 0.6 is 0 Å². The maximum Gasteiger partial charge on any atom is 0.319 e. The van der Waals surface area contributed by atoms with Crippen molar-refractivity contribution in [3.63, 3.8) is 0 Å². The Morgan fingerprint density at radius 3 is 2.59 bits per heavy atom. The lowest BCUT2D eigenvalue weighted by molar-refractivity contribution is -0.142. The molecule has 1 atom stereocenters. The second kappa shape index (κ2) is 6.25. The number of likely N-dealkylation sites (N-methyl/N-ethyl adjacent to an activating group) is 1. The summed E-state index contributed by atoms with van der Waals surface area (Å²) in [7, 11) is 4.92. The van der Waals surface area contributed by atoms with Gasteiger partial charge in [-0.15, -0.1) is 0 Å². The van der Waals surface area contributed by atoms with Crippen LogP contribution in [0.15, 0.2) is 24.3 Å². The van der Waals surface area contributed by atoms with E-state index in [-0.39, 0.29) is 18.6 Å². The molecule has 0 bridgehead atoms. The minimum absolute atomic E-state index is 0.0882. The van der Waals surface area contributed by atoms with Gasteiger partial charge in [0.1, 0.15) is 5.75 Å². The largest absolute Gasteiger partial charge is 0.496 e. The van der Waals surface area contributed by atoms with E-state index in [2.05, 4.69) is 4.74 Å². The summed E-state index contributed by atoms with van der Waals surface area (Å²) in [6.07, 6.45) is 0. The lowest BCUT2D eigenvalue weighted by Gasteiger charge is -2.25. The van der Waals surface area contributed by atoms with Crippen LogP contribution in [-0.2, 0) is 9.53 Å². The molecule has 4 nitrogen and oxygen atoms in total. The topological polar surface area (TPSA) is 38.8 Å². The zero-order valence-electron chi connectivity index (χ0n) is 10.8. The van der Waals surface area contributed by atoms with Crippen LogP contribution in [0.2, 0.25) is 0 Å². The zero-order valence-corrected chi connectivity index (χ0v) is 10.8. The van der Waals surface area contributed by atoms with Crippen molar-refractivity contribution in [2.45, 2.75) is 13.0 Å². The quantitative estimate of drug-likeness (QED) is 0.733. The lowest BCUT2D eigenvalue weighted by Crippen LogP contribution is -2.29. The number of methoxy groups -OCH3 is 2. The van der Waals surface area contributed by atoms with Crippen LogP contribution < -0.4 is 4.74 Å². The second-order valence-corrected chi connectivity index (χ2v) is 3.91.